The summed E-state index contributed by atoms with van der Waals surface area (Å²) in [6.45, 7) is 14.7. The summed E-state index contributed by atoms with van der Waals surface area (Å²) < 4.78 is 14.5. The van der Waals surface area contributed by atoms with Gasteiger partial charge in [0.2, 0.25) is 5.95 Å². The molecule has 0 unspecified atom stereocenters. The zero-order chi connectivity index (χ0) is 31.1. The molecule has 0 aliphatic carbocycles. The van der Waals surface area contributed by atoms with Crippen molar-refractivity contribution in [1.29, 1.82) is 0 Å². The average molecular weight is 586 g/mol. The summed E-state index contributed by atoms with van der Waals surface area (Å²) in [5, 5.41) is 11.6. The van der Waals surface area contributed by atoms with E-state index >= 15 is 0 Å². The monoisotopic (exact) mass is 585 g/mol. The molecule has 43 heavy (non-hydrogen) atoms. The molecule has 1 atom stereocenters. The van der Waals surface area contributed by atoms with E-state index in [2.05, 4.69) is 51.6 Å². The molecule has 5 rings (SSSR count). The lowest BCUT2D eigenvalue weighted by Gasteiger charge is -2.35. The molecule has 228 valence electrons. The lowest BCUT2D eigenvalue weighted by molar-refractivity contribution is -0.160. The molecule has 3 heterocycles. The van der Waals surface area contributed by atoms with Gasteiger partial charge in [0.1, 0.15) is 0 Å². The van der Waals surface area contributed by atoms with Gasteiger partial charge < -0.3 is 28.9 Å². The Balaban J connectivity index is 1.69. The van der Waals surface area contributed by atoms with Crippen LogP contribution in [0.4, 0.5) is 11.6 Å². The maximum absolute atomic E-state index is 12.9. The Morgan fingerprint density at radius 2 is 1.74 bits per heavy atom. The molecular weight excluding hydrogens is 542 g/mol. The number of hydrogen-bond donors (Lipinski definition) is 1. The first kappa shape index (κ1) is 30.5. The van der Waals surface area contributed by atoms with E-state index in [9.17, 15) is 9.90 Å². The summed E-state index contributed by atoms with van der Waals surface area (Å²) >= 11 is 0. The van der Waals surface area contributed by atoms with Crippen LogP contribution < -0.4 is 9.64 Å². The highest BCUT2D eigenvalue weighted by Gasteiger charge is 2.36. The number of benzene rings is 2. The number of nitrogens with zero attached hydrogens (tertiary/aromatic N) is 5. The summed E-state index contributed by atoms with van der Waals surface area (Å²) in [5.74, 6) is 0.150. The molecule has 0 bridgehead atoms. The molecule has 1 aliphatic rings. The fourth-order valence-corrected chi connectivity index (χ4v) is 5.93. The van der Waals surface area contributed by atoms with E-state index in [0.717, 1.165) is 64.0 Å². The number of carbonyl (C=O) groups is 1. The quantitative estimate of drug-likeness (QED) is 0.212. The number of ether oxygens (including phenoxy) is 2. The summed E-state index contributed by atoms with van der Waals surface area (Å²) in [7, 11) is 4.08. The number of carboxylic acids is 1. The highest BCUT2D eigenvalue weighted by atomic mass is 16.5. The minimum atomic E-state index is -1.18. The Bertz CT molecular complexity index is 1620. The van der Waals surface area contributed by atoms with Gasteiger partial charge in [0, 0.05) is 36.3 Å². The molecular formula is C34H43N5O4. The van der Waals surface area contributed by atoms with E-state index in [1.807, 2.05) is 48.7 Å². The Morgan fingerprint density at radius 1 is 1.07 bits per heavy atom. The van der Waals surface area contributed by atoms with E-state index in [1.54, 1.807) is 12.4 Å². The molecule has 0 radical (unpaired) electrons. The summed E-state index contributed by atoms with van der Waals surface area (Å²) in [5.41, 5.74) is 6.87. The summed E-state index contributed by atoms with van der Waals surface area (Å²) in [6.07, 6.45) is 3.16. The van der Waals surface area contributed by atoms with Crippen molar-refractivity contribution in [2.75, 3.05) is 38.7 Å². The molecule has 9 nitrogen and oxygen atoms in total. The van der Waals surface area contributed by atoms with E-state index in [-0.39, 0.29) is 0 Å². The Kier molecular flexibility index (Phi) is 8.49. The third-order valence-corrected chi connectivity index (χ3v) is 7.82. The van der Waals surface area contributed by atoms with E-state index < -0.39 is 17.7 Å². The second-order valence-electron chi connectivity index (χ2n) is 12.7. The third-order valence-electron chi connectivity index (χ3n) is 7.82. The SMILES string of the molecule is Cc1ccc(-c2c([C@H](OC(C)(C)C)C(=O)O)c(C)c3c4c2cc(C)n4CCN3c2ncc(OCCCN(C)C)cn2)cc1. The van der Waals surface area contributed by atoms with Crippen molar-refractivity contribution in [3.8, 4) is 16.9 Å². The fourth-order valence-electron chi connectivity index (χ4n) is 5.93. The molecule has 1 aliphatic heterocycles. The van der Waals surface area contributed by atoms with E-state index in [0.29, 0.717) is 30.4 Å². The first-order valence-corrected chi connectivity index (χ1v) is 14.9. The fraction of sp³-hybridized carbons (Fsp3) is 0.441. The van der Waals surface area contributed by atoms with Crippen molar-refractivity contribution in [3.05, 3.63) is 65.1 Å². The number of aromatic nitrogens is 3. The van der Waals surface area contributed by atoms with Crippen LogP contribution in [0.3, 0.4) is 0 Å². The van der Waals surface area contributed by atoms with Gasteiger partial charge in [-0.3, -0.25) is 0 Å². The normalized spacial score (nSPS) is 14.0. The predicted molar refractivity (Wildman–Crippen MR) is 171 cm³/mol. The lowest BCUT2D eigenvalue weighted by Crippen LogP contribution is -2.32. The van der Waals surface area contributed by atoms with E-state index in [4.69, 9.17) is 19.4 Å². The lowest BCUT2D eigenvalue weighted by atomic mass is 9.87. The molecule has 9 heteroatoms. The van der Waals surface area contributed by atoms with Crippen molar-refractivity contribution in [3.63, 3.8) is 0 Å². The van der Waals surface area contributed by atoms with Crippen LogP contribution in [0.1, 0.15) is 55.7 Å². The van der Waals surface area contributed by atoms with Crippen molar-refractivity contribution >= 4 is 28.5 Å². The Morgan fingerprint density at radius 3 is 2.35 bits per heavy atom. The topological polar surface area (TPSA) is 93.0 Å². The van der Waals surface area contributed by atoms with Crippen molar-refractivity contribution in [2.45, 2.75) is 66.2 Å². The van der Waals surface area contributed by atoms with Crippen LogP contribution in [0.2, 0.25) is 0 Å². The zero-order valence-corrected chi connectivity index (χ0v) is 26.6. The minimum absolute atomic E-state index is 0.549. The maximum Gasteiger partial charge on any atom is 0.337 e. The van der Waals surface area contributed by atoms with Gasteiger partial charge in [-0.05, 0) is 84.8 Å². The Hall–Kier alpha value is -3.95. The van der Waals surface area contributed by atoms with Gasteiger partial charge in [0.15, 0.2) is 11.9 Å². The molecule has 0 saturated heterocycles. The van der Waals surface area contributed by atoms with Crippen molar-refractivity contribution in [2.24, 2.45) is 0 Å². The first-order valence-electron chi connectivity index (χ1n) is 14.9. The van der Waals surface area contributed by atoms with Gasteiger partial charge >= 0.3 is 5.97 Å². The van der Waals surface area contributed by atoms with Crippen molar-refractivity contribution < 1.29 is 19.4 Å². The second kappa shape index (κ2) is 12.0. The Labute approximate surface area is 254 Å². The smallest absolute Gasteiger partial charge is 0.337 e. The molecule has 0 amide bonds. The highest BCUT2D eigenvalue weighted by molar-refractivity contribution is 6.08. The van der Waals surface area contributed by atoms with Crippen LogP contribution in [0.25, 0.3) is 22.0 Å². The van der Waals surface area contributed by atoms with Crippen LogP contribution in [-0.4, -0.2) is 69.9 Å². The molecule has 4 aromatic rings. The standard InChI is InChI=1S/C34H43N5O4/c1-21-10-12-24(13-11-21)28-26-18-22(2)38-15-16-39(33-35-19-25(20-36-33)42-17-9-14-37(7)8)29(30(26)38)23(3)27(28)31(32(40)41)43-34(4,5)6/h10-13,18-20,31H,9,14-17H2,1-8H3,(H,40,41)/t31-/m0/s1. The number of aryl methyl sites for hydroxylation is 2. The molecule has 0 fully saturated rings. The highest BCUT2D eigenvalue weighted by Crippen LogP contribution is 2.49. The number of carboxylic acid groups (broad SMARTS) is 1. The number of anilines is 2. The predicted octanol–water partition coefficient (Wildman–Crippen LogP) is 6.45. The molecule has 0 saturated carbocycles. The van der Waals surface area contributed by atoms with Crippen molar-refractivity contribution in [1.82, 2.24) is 19.4 Å². The number of aliphatic carboxylic acids is 1. The van der Waals surface area contributed by atoms with Gasteiger partial charge in [-0.15, -0.1) is 0 Å². The zero-order valence-electron chi connectivity index (χ0n) is 26.6. The first-order chi connectivity index (χ1) is 20.4. The summed E-state index contributed by atoms with van der Waals surface area (Å²) in [4.78, 5) is 26.6. The van der Waals surface area contributed by atoms with Crippen LogP contribution in [-0.2, 0) is 16.1 Å². The molecule has 2 aromatic heterocycles. The second-order valence-corrected chi connectivity index (χ2v) is 12.7. The minimum Gasteiger partial charge on any atom is -0.490 e. The van der Waals surface area contributed by atoms with Gasteiger partial charge in [-0.25, -0.2) is 14.8 Å². The number of rotatable bonds is 10. The van der Waals surface area contributed by atoms with Crippen LogP contribution in [0.15, 0.2) is 42.7 Å². The summed E-state index contributed by atoms with van der Waals surface area (Å²) in [6, 6.07) is 10.4. The average Bonchev–Trinajstić information content (AvgIpc) is 3.28. The van der Waals surface area contributed by atoms with Gasteiger partial charge in [-0.2, -0.15) is 0 Å². The van der Waals surface area contributed by atoms with Gasteiger partial charge in [-0.1, -0.05) is 29.8 Å². The maximum atomic E-state index is 12.9. The van der Waals surface area contributed by atoms with Crippen LogP contribution in [0, 0.1) is 20.8 Å². The van der Waals surface area contributed by atoms with Gasteiger partial charge in [0.05, 0.1) is 35.8 Å². The molecule has 1 N–H and O–H groups in total. The van der Waals surface area contributed by atoms with Crippen LogP contribution in [0.5, 0.6) is 5.75 Å². The third kappa shape index (κ3) is 6.24. The molecule has 2 aromatic carbocycles. The molecule has 0 spiro atoms. The van der Waals surface area contributed by atoms with E-state index in [1.165, 1.54) is 0 Å². The number of hydrogen-bond acceptors (Lipinski definition) is 7. The largest absolute Gasteiger partial charge is 0.490 e. The van der Waals surface area contributed by atoms with Crippen LogP contribution >= 0.6 is 0 Å². The van der Waals surface area contributed by atoms with Gasteiger partial charge in [0.25, 0.3) is 0 Å².